The van der Waals surface area contributed by atoms with Gasteiger partial charge in [0.05, 0.1) is 12.2 Å². The molecule has 0 spiro atoms. The molecule has 1 aliphatic rings. The van der Waals surface area contributed by atoms with E-state index >= 15 is 0 Å². The van der Waals surface area contributed by atoms with Gasteiger partial charge in [0, 0.05) is 25.2 Å². The Morgan fingerprint density at radius 3 is 3.06 bits per heavy atom. The van der Waals surface area contributed by atoms with Crippen LogP contribution in [0.2, 0.25) is 0 Å². The minimum atomic E-state index is 0.0863. The second-order valence-corrected chi connectivity index (χ2v) is 4.52. The predicted molar refractivity (Wildman–Crippen MR) is 66.5 cm³/mol. The fraction of sp³-hybridized carbons (Fsp3) is 0.538. The molecule has 0 saturated heterocycles. The first kappa shape index (κ1) is 12.0. The maximum Gasteiger partial charge on any atom is 0.221 e. The summed E-state index contributed by atoms with van der Waals surface area (Å²) < 4.78 is 0. The second-order valence-electron chi connectivity index (χ2n) is 4.52. The van der Waals surface area contributed by atoms with Gasteiger partial charge in [-0.15, -0.1) is 0 Å². The standard InChI is InChI=1S/C13H19N3O/c1-10-3-2-7-15-12(10)9-16-13(17)6-8-14-11-4-5-11/h2-3,7,11,14H,4-6,8-9H2,1H3,(H,16,17). The Kier molecular flexibility index (Phi) is 4.09. The van der Waals surface area contributed by atoms with Gasteiger partial charge < -0.3 is 10.6 Å². The lowest BCUT2D eigenvalue weighted by Crippen LogP contribution is -2.28. The molecule has 1 saturated carbocycles. The number of carbonyl (C=O) groups is 1. The van der Waals surface area contributed by atoms with Crippen LogP contribution in [0.5, 0.6) is 0 Å². The van der Waals surface area contributed by atoms with Crippen LogP contribution in [-0.4, -0.2) is 23.5 Å². The Labute approximate surface area is 102 Å². The molecule has 1 amide bonds. The molecule has 4 nitrogen and oxygen atoms in total. The van der Waals surface area contributed by atoms with Gasteiger partial charge in [-0.3, -0.25) is 9.78 Å². The maximum absolute atomic E-state index is 11.6. The van der Waals surface area contributed by atoms with Gasteiger partial charge in [-0.05, 0) is 31.4 Å². The number of carbonyl (C=O) groups excluding carboxylic acids is 1. The van der Waals surface area contributed by atoms with Crippen LogP contribution in [0.4, 0.5) is 0 Å². The molecule has 4 heteroatoms. The summed E-state index contributed by atoms with van der Waals surface area (Å²) in [5.41, 5.74) is 2.06. The summed E-state index contributed by atoms with van der Waals surface area (Å²) in [6.45, 7) is 3.30. The van der Waals surface area contributed by atoms with Gasteiger partial charge in [0.25, 0.3) is 0 Å². The number of rotatable bonds is 6. The first-order chi connectivity index (χ1) is 8.25. The molecule has 1 aliphatic carbocycles. The van der Waals surface area contributed by atoms with Crippen molar-refractivity contribution in [3.05, 3.63) is 29.6 Å². The van der Waals surface area contributed by atoms with Crippen molar-refractivity contribution in [3.8, 4) is 0 Å². The third-order valence-electron chi connectivity index (χ3n) is 2.93. The van der Waals surface area contributed by atoms with Gasteiger partial charge >= 0.3 is 0 Å². The topological polar surface area (TPSA) is 54.0 Å². The van der Waals surface area contributed by atoms with E-state index in [-0.39, 0.29) is 5.91 Å². The van der Waals surface area contributed by atoms with Crippen molar-refractivity contribution in [2.24, 2.45) is 0 Å². The van der Waals surface area contributed by atoms with Crippen molar-refractivity contribution in [3.63, 3.8) is 0 Å². The average molecular weight is 233 g/mol. The van der Waals surface area contributed by atoms with Crippen LogP contribution in [0.25, 0.3) is 0 Å². The van der Waals surface area contributed by atoms with Gasteiger partial charge in [0.15, 0.2) is 0 Å². The number of hydrogen-bond donors (Lipinski definition) is 2. The van der Waals surface area contributed by atoms with Crippen molar-refractivity contribution in [1.29, 1.82) is 0 Å². The SMILES string of the molecule is Cc1cccnc1CNC(=O)CCNC1CC1. The Balaban J connectivity index is 1.66. The van der Waals surface area contributed by atoms with E-state index in [1.807, 2.05) is 19.1 Å². The molecule has 17 heavy (non-hydrogen) atoms. The fourth-order valence-electron chi connectivity index (χ4n) is 1.65. The number of pyridine rings is 1. The van der Waals surface area contributed by atoms with E-state index in [4.69, 9.17) is 0 Å². The molecular formula is C13H19N3O. The summed E-state index contributed by atoms with van der Waals surface area (Å²) in [6.07, 6.45) is 4.81. The van der Waals surface area contributed by atoms with Crippen LogP contribution < -0.4 is 10.6 Å². The molecule has 1 heterocycles. The molecule has 2 N–H and O–H groups in total. The van der Waals surface area contributed by atoms with E-state index in [0.717, 1.165) is 17.8 Å². The van der Waals surface area contributed by atoms with E-state index in [1.54, 1.807) is 6.20 Å². The zero-order chi connectivity index (χ0) is 12.1. The number of aryl methyl sites for hydroxylation is 1. The lowest BCUT2D eigenvalue weighted by Gasteiger charge is -2.07. The quantitative estimate of drug-likeness (QED) is 0.775. The fourth-order valence-corrected chi connectivity index (χ4v) is 1.65. The molecule has 0 unspecified atom stereocenters. The van der Waals surface area contributed by atoms with Crippen molar-refractivity contribution < 1.29 is 4.79 Å². The summed E-state index contributed by atoms with van der Waals surface area (Å²) in [6, 6.07) is 4.57. The van der Waals surface area contributed by atoms with Crippen molar-refractivity contribution in [2.45, 2.75) is 38.8 Å². The van der Waals surface area contributed by atoms with Gasteiger partial charge in [0.2, 0.25) is 5.91 Å². The number of nitrogens with zero attached hydrogens (tertiary/aromatic N) is 1. The number of amides is 1. The van der Waals surface area contributed by atoms with Crippen LogP contribution in [0, 0.1) is 6.92 Å². The normalized spacial score (nSPS) is 14.6. The van der Waals surface area contributed by atoms with Crippen molar-refractivity contribution in [2.75, 3.05) is 6.54 Å². The molecule has 0 aliphatic heterocycles. The third kappa shape index (κ3) is 4.15. The Morgan fingerprint density at radius 1 is 1.53 bits per heavy atom. The lowest BCUT2D eigenvalue weighted by molar-refractivity contribution is -0.121. The Morgan fingerprint density at radius 2 is 2.35 bits per heavy atom. The number of nitrogens with one attached hydrogen (secondary N) is 2. The van der Waals surface area contributed by atoms with E-state index in [0.29, 0.717) is 19.0 Å². The summed E-state index contributed by atoms with van der Waals surface area (Å²) in [5.74, 6) is 0.0863. The first-order valence-electron chi connectivity index (χ1n) is 6.16. The average Bonchev–Trinajstić information content (AvgIpc) is 3.12. The lowest BCUT2D eigenvalue weighted by atomic mass is 10.2. The van der Waals surface area contributed by atoms with Crippen LogP contribution in [-0.2, 0) is 11.3 Å². The zero-order valence-electron chi connectivity index (χ0n) is 10.2. The largest absolute Gasteiger partial charge is 0.350 e. The van der Waals surface area contributed by atoms with E-state index in [1.165, 1.54) is 12.8 Å². The van der Waals surface area contributed by atoms with Crippen molar-refractivity contribution in [1.82, 2.24) is 15.6 Å². The molecule has 1 aromatic heterocycles. The highest BCUT2D eigenvalue weighted by Crippen LogP contribution is 2.18. The first-order valence-corrected chi connectivity index (χ1v) is 6.16. The number of aromatic nitrogens is 1. The molecule has 0 atom stereocenters. The summed E-state index contributed by atoms with van der Waals surface area (Å²) >= 11 is 0. The molecule has 0 radical (unpaired) electrons. The van der Waals surface area contributed by atoms with Crippen molar-refractivity contribution >= 4 is 5.91 Å². The second kappa shape index (κ2) is 5.77. The third-order valence-corrected chi connectivity index (χ3v) is 2.93. The summed E-state index contributed by atoms with van der Waals surface area (Å²) in [5, 5.41) is 6.21. The van der Waals surface area contributed by atoms with Crippen LogP contribution in [0.3, 0.4) is 0 Å². The molecule has 0 aromatic carbocycles. The highest BCUT2D eigenvalue weighted by Gasteiger charge is 2.19. The summed E-state index contributed by atoms with van der Waals surface area (Å²) in [4.78, 5) is 15.8. The van der Waals surface area contributed by atoms with E-state index in [9.17, 15) is 4.79 Å². The van der Waals surface area contributed by atoms with E-state index in [2.05, 4.69) is 15.6 Å². The molecule has 92 valence electrons. The highest BCUT2D eigenvalue weighted by molar-refractivity contribution is 5.76. The van der Waals surface area contributed by atoms with Gasteiger partial charge in [-0.25, -0.2) is 0 Å². The van der Waals surface area contributed by atoms with Crippen LogP contribution in [0.1, 0.15) is 30.5 Å². The smallest absolute Gasteiger partial charge is 0.221 e. The zero-order valence-corrected chi connectivity index (χ0v) is 10.2. The minimum absolute atomic E-state index is 0.0863. The van der Waals surface area contributed by atoms with Gasteiger partial charge in [-0.1, -0.05) is 6.07 Å². The van der Waals surface area contributed by atoms with E-state index < -0.39 is 0 Å². The Hall–Kier alpha value is -1.42. The molecule has 0 bridgehead atoms. The predicted octanol–water partition coefficient (Wildman–Crippen LogP) is 1.15. The minimum Gasteiger partial charge on any atom is -0.350 e. The molecule has 1 aromatic rings. The molecule has 1 fully saturated rings. The molecule has 2 rings (SSSR count). The monoisotopic (exact) mass is 233 g/mol. The van der Waals surface area contributed by atoms with Crippen LogP contribution in [0.15, 0.2) is 18.3 Å². The van der Waals surface area contributed by atoms with Gasteiger partial charge in [0.1, 0.15) is 0 Å². The molecular weight excluding hydrogens is 214 g/mol. The number of hydrogen-bond acceptors (Lipinski definition) is 3. The van der Waals surface area contributed by atoms with Crippen LogP contribution >= 0.6 is 0 Å². The highest BCUT2D eigenvalue weighted by atomic mass is 16.1. The van der Waals surface area contributed by atoms with Gasteiger partial charge in [-0.2, -0.15) is 0 Å². The Bertz CT molecular complexity index is 388. The summed E-state index contributed by atoms with van der Waals surface area (Å²) in [7, 11) is 0. The maximum atomic E-state index is 11.6.